The van der Waals surface area contributed by atoms with Crippen molar-refractivity contribution in [1.82, 2.24) is 4.90 Å². The zero-order valence-corrected chi connectivity index (χ0v) is 18.1. The number of unbranched alkanes of at least 4 members (excludes halogenated alkanes) is 2. The third-order valence-electron chi connectivity index (χ3n) is 4.59. The van der Waals surface area contributed by atoms with Crippen LogP contribution in [0.1, 0.15) is 53.4 Å². The van der Waals surface area contributed by atoms with Gasteiger partial charge in [0, 0.05) is 26.3 Å². The number of carbonyl (C=O) groups excluding carboxylic acids is 2. The van der Waals surface area contributed by atoms with Gasteiger partial charge in [-0.2, -0.15) is 0 Å². The zero-order valence-electron chi connectivity index (χ0n) is 17.4. The van der Waals surface area contributed by atoms with Crippen LogP contribution >= 0.6 is 11.6 Å². The van der Waals surface area contributed by atoms with Crippen LogP contribution < -0.4 is 0 Å². The number of ketones is 1. The average Bonchev–Trinajstić information content (AvgIpc) is 2.92. The molecule has 0 saturated carbocycles. The van der Waals surface area contributed by atoms with Crippen LogP contribution in [0.2, 0.25) is 0 Å². The van der Waals surface area contributed by atoms with Gasteiger partial charge in [-0.3, -0.25) is 14.5 Å². The van der Waals surface area contributed by atoms with Crippen molar-refractivity contribution >= 4 is 23.3 Å². The van der Waals surface area contributed by atoms with Gasteiger partial charge in [0.1, 0.15) is 17.1 Å². The molecule has 1 amide bonds. The van der Waals surface area contributed by atoms with Gasteiger partial charge in [-0.25, -0.2) is 0 Å². The Morgan fingerprint density at radius 3 is 2.39 bits per heavy atom. The Morgan fingerprint density at radius 1 is 1.21 bits per heavy atom. The smallest absolute Gasteiger partial charge is 0.225 e. The van der Waals surface area contributed by atoms with Crippen molar-refractivity contribution in [2.24, 2.45) is 0 Å². The van der Waals surface area contributed by atoms with Crippen LogP contribution in [0.5, 0.6) is 0 Å². The molecule has 1 N–H and O–H groups in total. The molecular formula is C20H34ClNO6. The number of nitrogens with zero attached hydrogens (tertiary/aromatic N) is 1. The van der Waals surface area contributed by atoms with Crippen molar-refractivity contribution in [2.45, 2.75) is 76.7 Å². The first-order chi connectivity index (χ1) is 13.3. The molecule has 0 aromatic carbocycles. The van der Waals surface area contributed by atoms with Gasteiger partial charge in [-0.05, 0) is 25.8 Å². The van der Waals surface area contributed by atoms with Gasteiger partial charge in [0.25, 0.3) is 0 Å². The van der Waals surface area contributed by atoms with E-state index in [0.29, 0.717) is 13.2 Å². The fourth-order valence-electron chi connectivity index (χ4n) is 2.96. The summed E-state index contributed by atoms with van der Waals surface area (Å²) in [5.41, 5.74) is -1.18. The quantitative estimate of drug-likeness (QED) is 0.280. The minimum Gasteiger partial charge on any atom is -0.393 e. The second-order valence-electron chi connectivity index (χ2n) is 7.08. The van der Waals surface area contributed by atoms with Crippen molar-refractivity contribution in [3.05, 3.63) is 12.3 Å². The van der Waals surface area contributed by atoms with E-state index in [1.807, 2.05) is 6.92 Å². The minimum absolute atomic E-state index is 0.0994. The van der Waals surface area contributed by atoms with E-state index in [9.17, 15) is 14.7 Å². The fraction of sp³-hybridized carbons (Fsp3) is 0.800. The van der Waals surface area contributed by atoms with Crippen molar-refractivity contribution in [2.75, 3.05) is 26.4 Å². The molecule has 1 saturated heterocycles. The molecule has 8 heteroatoms. The Balaban J connectivity index is 3.09. The van der Waals surface area contributed by atoms with Crippen molar-refractivity contribution in [1.29, 1.82) is 0 Å². The number of allylic oxidation sites excluding steroid dienone is 1. The molecule has 28 heavy (non-hydrogen) atoms. The summed E-state index contributed by atoms with van der Waals surface area (Å²) in [6, 6.07) is 0. The standard InChI is InChI=1S/C20H34ClNO6/c1-5-7-11-26-14-20(13-23)18(27-12-8-6-2)17(21)19(28-20)22(16(4)25)10-9-15(3)24/h9-10,17-19,23H,5-8,11-14H2,1-4H3/b10-9-/t17-,18+,19-,20-/m1/s1. The molecule has 0 bridgehead atoms. The predicted octanol–water partition coefficient (Wildman–Crippen LogP) is 2.63. The van der Waals surface area contributed by atoms with E-state index in [1.54, 1.807) is 0 Å². The van der Waals surface area contributed by atoms with E-state index in [1.165, 1.54) is 31.0 Å². The third kappa shape index (κ3) is 6.81. The number of rotatable bonds is 13. The van der Waals surface area contributed by atoms with Crippen LogP contribution in [0.15, 0.2) is 12.3 Å². The lowest BCUT2D eigenvalue weighted by Crippen LogP contribution is -2.50. The molecule has 0 aromatic heterocycles. The topological polar surface area (TPSA) is 85.3 Å². The molecule has 0 aromatic rings. The molecule has 0 unspecified atom stereocenters. The highest BCUT2D eigenvalue weighted by molar-refractivity contribution is 6.21. The predicted molar refractivity (Wildman–Crippen MR) is 107 cm³/mol. The highest BCUT2D eigenvalue weighted by Gasteiger charge is 2.57. The number of ether oxygens (including phenoxy) is 3. The molecule has 1 fully saturated rings. The van der Waals surface area contributed by atoms with E-state index in [2.05, 4.69) is 6.92 Å². The van der Waals surface area contributed by atoms with Gasteiger partial charge in [0.2, 0.25) is 5.91 Å². The normalized spacial score (nSPS) is 27.4. The molecule has 7 nitrogen and oxygen atoms in total. The Hall–Kier alpha value is -0.990. The van der Waals surface area contributed by atoms with Crippen LogP contribution in [0.25, 0.3) is 0 Å². The van der Waals surface area contributed by atoms with Crippen LogP contribution in [0, 0.1) is 0 Å². The third-order valence-corrected chi connectivity index (χ3v) is 5.04. The molecule has 1 heterocycles. The van der Waals surface area contributed by atoms with Crippen LogP contribution in [-0.2, 0) is 23.8 Å². The van der Waals surface area contributed by atoms with Crippen LogP contribution in [0.4, 0.5) is 0 Å². The number of hydrogen-bond donors (Lipinski definition) is 1. The van der Waals surface area contributed by atoms with E-state index in [0.717, 1.165) is 25.7 Å². The first-order valence-corrected chi connectivity index (χ1v) is 10.4. The maximum absolute atomic E-state index is 12.1. The minimum atomic E-state index is -1.18. The molecule has 162 valence electrons. The van der Waals surface area contributed by atoms with Crippen molar-refractivity contribution in [3.63, 3.8) is 0 Å². The number of halogens is 1. The Kier molecular flexibility index (Phi) is 11.2. The summed E-state index contributed by atoms with van der Waals surface area (Å²) in [5.74, 6) is -0.538. The van der Waals surface area contributed by atoms with Gasteiger partial charge >= 0.3 is 0 Å². The van der Waals surface area contributed by atoms with E-state index < -0.39 is 23.3 Å². The largest absolute Gasteiger partial charge is 0.393 e. The Morgan fingerprint density at radius 2 is 1.86 bits per heavy atom. The summed E-state index contributed by atoms with van der Waals surface area (Å²) in [5, 5.41) is 9.42. The van der Waals surface area contributed by atoms with Crippen LogP contribution in [0.3, 0.4) is 0 Å². The number of hydrogen-bond acceptors (Lipinski definition) is 6. The van der Waals surface area contributed by atoms with Gasteiger partial charge in [-0.1, -0.05) is 26.7 Å². The lowest BCUT2D eigenvalue weighted by atomic mass is 9.98. The summed E-state index contributed by atoms with van der Waals surface area (Å²) < 4.78 is 17.8. The zero-order chi connectivity index (χ0) is 21.2. The number of amides is 1. The average molecular weight is 420 g/mol. The monoisotopic (exact) mass is 419 g/mol. The summed E-state index contributed by atoms with van der Waals surface area (Å²) >= 11 is 6.65. The molecule has 4 atom stereocenters. The van der Waals surface area contributed by atoms with Gasteiger partial charge in [0.05, 0.1) is 13.2 Å². The van der Waals surface area contributed by atoms with E-state index >= 15 is 0 Å². The molecular weight excluding hydrogens is 386 g/mol. The maximum atomic E-state index is 12.1. The highest BCUT2D eigenvalue weighted by atomic mass is 35.5. The van der Waals surface area contributed by atoms with Crippen molar-refractivity contribution in [3.8, 4) is 0 Å². The van der Waals surface area contributed by atoms with Gasteiger partial charge < -0.3 is 19.3 Å². The van der Waals surface area contributed by atoms with Gasteiger partial charge in [-0.15, -0.1) is 11.6 Å². The number of alkyl halides is 1. The van der Waals surface area contributed by atoms with E-state index in [-0.39, 0.29) is 24.9 Å². The molecule has 0 spiro atoms. The van der Waals surface area contributed by atoms with E-state index in [4.69, 9.17) is 25.8 Å². The van der Waals surface area contributed by atoms with Gasteiger partial charge in [0.15, 0.2) is 12.0 Å². The fourth-order valence-corrected chi connectivity index (χ4v) is 3.43. The summed E-state index contributed by atoms with van der Waals surface area (Å²) in [7, 11) is 0. The maximum Gasteiger partial charge on any atom is 0.225 e. The number of carbonyl (C=O) groups is 2. The van der Waals surface area contributed by atoms with Crippen molar-refractivity contribution < 1.29 is 28.9 Å². The Labute approximate surface area is 172 Å². The second-order valence-corrected chi connectivity index (χ2v) is 7.58. The molecule has 1 aliphatic heterocycles. The summed E-state index contributed by atoms with van der Waals surface area (Å²) in [6.07, 6.45) is 4.74. The lowest BCUT2D eigenvalue weighted by molar-refractivity contribution is -0.180. The molecule has 0 radical (unpaired) electrons. The second kappa shape index (κ2) is 12.5. The molecule has 1 rings (SSSR count). The summed E-state index contributed by atoms with van der Waals surface area (Å²) in [4.78, 5) is 24.7. The number of aliphatic hydroxyl groups is 1. The highest BCUT2D eigenvalue weighted by Crippen LogP contribution is 2.39. The SMILES string of the molecule is CCCCOC[C@@]1(CO)O[C@@H](N(/C=C\C(C)=O)C(C)=O)[C@H](Cl)[C@@H]1OCCCC. The van der Waals surface area contributed by atoms with Crippen LogP contribution in [-0.4, -0.2) is 71.4 Å². The first kappa shape index (κ1) is 25.0. The first-order valence-electron chi connectivity index (χ1n) is 9.92. The number of aliphatic hydroxyl groups excluding tert-OH is 1. The molecule has 1 aliphatic rings. The molecule has 0 aliphatic carbocycles. The Bertz CT molecular complexity index is 529. The summed E-state index contributed by atoms with van der Waals surface area (Å²) in [6.45, 7) is 7.58. The lowest BCUT2D eigenvalue weighted by Gasteiger charge is -2.33.